The zero-order chi connectivity index (χ0) is 10.8. The third-order valence-electron chi connectivity index (χ3n) is 2.08. The molecular weight excluding hydrogens is 190 g/mol. The number of aromatic nitrogens is 4. The number of hydrogen-bond donors (Lipinski definition) is 1. The van der Waals surface area contributed by atoms with Crippen molar-refractivity contribution in [2.24, 2.45) is 7.05 Å². The van der Waals surface area contributed by atoms with Crippen LogP contribution in [0.25, 0.3) is 11.3 Å². The van der Waals surface area contributed by atoms with Gasteiger partial charge in [0.15, 0.2) is 0 Å². The van der Waals surface area contributed by atoms with E-state index < -0.39 is 0 Å². The van der Waals surface area contributed by atoms with E-state index in [9.17, 15) is 0 Å². The molecule has 0 saturated carbocycles. The molecule has 0 aliphatic rings. The molecular formula is C10H13N5. The summed E-state index contributed by atoms with van der Waals surface area (Å²) in [5.74, 6) is 0.633. The fraction of sp³-hybridized carbons (Fsp3) is 0.300. The fourth-order valence-electron chi connectivity index (χ4n) is 1.38. The van der Waals surface area contributed by atoms with E-state index in [1.165, 1.54) is 0 Å². The number of aryl methyl sites for hydroxylation is 2. The molecule has 5 nitrogen and oxygen atoms in total. The minimum absolute atomic E-state index is 0.633. The first kappa shape index (κ1) is 9.64. The van der Waals surface area contributed by atoms with E-state index in [-0.39, 0.29) is 0 Å². The number of rotatable bonds is 2. The Labute approximate surface area is 88.2 Å². The standard InChI is InChI=1S/C10H13N5/c1-7-4-9(14-10(11-2)13-7)8-5-12-15(3)6-8/h4-6H,1-3H3,(H,11,13,14). The summed E-state index contributed by atoms with van der Waals surface area (Å²) in [6.07, 6.45) is 3.72. The third kappa shape index (κ3) is 1.96. The summed E-state index contributed by atoms with van der Waals surface area (Å²) in [6, 6.07) is 1.94. The summed E-state index contributed by atoms with van der Waals surface area (Å²) in [5.41, 5.74) is 2.83. The fourth-order valence-corrected chi connectivity index (χ4v) is 1.38. The second-order valence-corrected chi connectivity index (χ2v) is 3.37. The maximum atomic E-state index is 4.36. The molecule has 0 spiro atoms. The molecule has 0 bridgehead atoms. The van der Waals surface area contributed by atoms with E-state index in [1.54, 1.807) is 10.9 Å². The largest absolute Gasteiger partial charge is 0.357 e. The lowest BCUT2D eigenvalue weighted by atomic mass is 10.2. The summed E-state index contributed by atoms with van der Waals surface area (Å²) >= 11 is 0. The molecule has 78 valence electrons. The van der Waals surface area contributed by atoms with E-state index >= 15 is 0 Å². The molecule has 0 fully saturated rings. The molecule has 0 radical (unpaired) electrons. The number of nitrogens with zero attached hydrogens (tertiary/aromatic N) is 4. The maximum Gasteiger partial charge on any atom is 0.223 e. The molecule has 15 heavy (non-hydrogen) atoms. The average Bonchev–Trinajstić information content (AvgIpc) is 2.64. The molecule has 2 aromatic heterocycles. The number of hydrogen-bond acceptors (Lipinski definition) is 4. The first-order chi connectivity index (χ1) is 7.19. The first-order valence-corrected chi connectivity index (χ1v) is 4.71. The van der Waals surface area contributed by atoms with Gasteiger partial charge >= 0.3 is 0 Å². The number of nitrogens with one attached hydrogen (secondary N) is 1. The highest BCUT2D eigenvalue weighted by molar-refractivity contribution is 5.58. The van der Waals surface area contributed by atoms with Gasteiger partial charge in [-0.1, -0.05) is 0 Å². The monoisotopic (exact) mass is 203 g/mol. The van der Waals surface area contributed by atoms with Gasteiger partial charge in [0.1, 0.15) is 0 Å². The van der Waals surface area contributed by atoms with Crippen LogP contribution >= 0.6 is 0 Å². The predicted octanol–water partition coefficient (Wildman–Crippen LogP) is 1.23. The second-order valence-electron chi connectivity index (χ2n) is 3.37. The van der Waals surface area contributed by atoms with E-state index in [4.69, 9.17) is 0 Å². The molecule has 0 atom stereocenters. The summed E-state index contributed by atoms with van der Waals surface area (Å²) in [7, 11) is 3.69. The molecule has 0 aliphatic heterocycles. The lowest BCUT2D eigenvalue weighted by Gasteiger charge is -2.02. The van der Waals surface area contributed by atoms with Gasteiger partial charge in [0.25, 0.3) is 0 Å². The van der Waals surface area contributed by atoms with Gasteiger partial charge in [-0.05, 0) is 13.0 Å². The molecule has 0 aromatic carbocycles. The first-order valence-electron chi connectivity index (χ1n) is 4.71. The smallest absolute Gasteiger partial charge is 0.223 e. The Morgan fingerprint density at radius 2 is 2.13 bits per heavy atom. The van der Waals surface area contributed by atoms with E-state index in [2.05, 4.69) is 20.4 Å². The second kappa shape index (κ2) is 3.68. The number of anilines is 1. The minimum Gasteiger partial charge on any atom is -0.357 e. The van der Waals surface area contributed by atoms with Gasteiger partial charge in [-0.3, -0.25) is 4.68 Å². The van der Waals surface area contributed by atoms with Crippen molar-refractivity contribution in [1.29, 1.82) is 0 Å². The van der Waals surface area contributed by atoms with Crippen molar-refractivity contribution in [2.45, 2.75) is 6.92 Å². The quantitative estimate of drug-likeness (QED) is 0.797. The van der Waals surface area contributed by atoms with Crippen LogP contribution in [0.15, 0.2) is 18.5 Å². The van der Waals surface area contributed by atoms with Gasteiger partial charge in [0, 0.05) is 31.5 Å². The van der Waals surface area contributed by atoms with Crippen LogP contribution in [0.4, 0.5) is 5.95 Å². The highest BCUT2D eigenvalue weighted by Gasteiger charge is 2.05. The van der Waals surface area contributed by atoms with Crippen molar-refractivity contribution in [2.75, 3.05) is 12.4 Å². The van der Waals surface area contributed by atoms with Crippen LogP contribution < -0.4 is 5.32 Å². The van der Waals surface area contributed by atoms with Gasteiger partial charge in [-0.15, -0.1) is 0 Å². The maximum absolute atomic E-state index is 4.36. The van der Waals surface area contributed by atoms with Crippen LogP contribution in [0.5, 0.6) is 0 Å². The molecule has 5 heteroatoms. The zero-order valence-electron chi connectivity index (χ0n) is 9.02. The summed E-state index contributed by atoms with van der Waals surface area (Å²) < 4.78 is 1.76. The van der Waals surface area contributed by atoms with E-state index in [0.29, 0.717) is 5.95 Å². The predicted molar refractivity (Wildman–Crippen MR) is 58.5 cm³/mol. The molecule has 0 saturated heterocycles. The Morgan fingerprint density at radius 1 is 1.33 bits per heavy atom. The van der Waals surface area contributed by atoms with Crippen molar-refractivity contribution in [3.63, 3.8) is 0 Å². The zero-order valence-corrected chi connectivity index (χ0v) is 9.02. The van der Waals surface area contributed by atoms with Crippen LogP contribution in [-0.2, 0) is 7.05 Å². The van der Waals surface area contributed by atoms with Gasteiger partial charge in [-0.2, -0.15) is 5.10 Å². The molecule has 0 unspecified atom stereocenters. The Morgan fingerprint density at radius 3 is 2.73 bits per heavy atom. The summed E-state index contributed by atoms with van der Waals surface area (Å²) in [4.78, 5) is 8.60. The van der Waals surface area contributed by atoms with Crippen LogP contribution in [0, 0.1) is 6.92 Å². The van der Waals surface area contributed by atoms with Crippen LogP contribution in [0.3, 0.4) is 0 Å². The SMILES string of the molecule is CNc1nc(C)cc(-c2cnn(C)c2)n1. The Bertz CT molecular complexity index is 474. The van der Waals surface area contributed by atoms with E-state index in [0.717, 1.165) is 17.0 Å². The summed E-state index contributed by atoms with van der Waals surface area (Å²) in [6.45, 7) is 1.95. The highest BCUT2D eigenvalue weighted by atomic mass is 15.2. The lowest BCUT2D eigenvalue weighted by Crippen LogP contribution is -1.98. The normalized spacial score (nSPS) is 10.3. The van der Waals surface area contributed by atoms with Crippen LogP contribution in [-0.4, -0.2) is 26.8 Å². The Kier molecular flexibility index (Phi) is 2.37. The van der Waals surface area contributed by atoms with Crippen molar-refractivity contribution in [3.8, 4) is 11.3 Å². The summed E-state index contributed by atoms with van der Waals surface area (Å²) in [5, 5.41) is 7.05. The molecule has 1 N–H and O–H groups in total. The van der Waals surface area contributed by atoms with Crippen LogP contribution in [0.1, 0.15) is 5.69 Å². The molecule has 2 heterocycles. The van der Waals surface area contributed by atoms with Crippen molar-refractivity contribution < 1.29 is 0 Å². The average molecular weight is 203 g/mol. The Hall–Kier alpha value is -1.91. The van der Waals surface area contributed by atoms with Gasteiger partial charge < -0.3 is 5.32 Å². The minimum atomic E-state index is 0.633. The van der Waals surface area contributed by atoms with Crippen molar-refractivity contribution >= 4 is 5.95 Å². The van der Waals surface area contributed by atoms with E-state index in [1.807, 2.05) is 33.3 Å². The van der Waals surface area contributed by atoms with Gasteiger partial charge in [0.2, 0.25) is 5.95 Å². The van der Waals surface area contributed by atoms with Crippen molar-refractivity contribution in [1.82, 2.24) is 19.7 Å². The lowest BCUT2D eigenvalue weighted by molar-refractivity contribution is 0.768. The molecule has 0 amide bonds. The molecule has 2 rings (SSSR count). The van der Waals surface area contributed by atoms with Gasteiger partial charge in [-0.25, -0.2) is 9.97 Å². The van der Waals surface area contributed by atoms with Crippen molar-refractivity contribution in [3.05, 3.63) is 24.2 Å². The Balaban J connectivity index is 2.48. The molecule has 2 aromatic rings. The topological polar surface area (TPSA) is 55.6 Å². The molecule has 0 aliphatic carbocycles. The highest BCUT2D eigenvalue weighted by Crippen LogP contribution is 2.17. The van der Waals surface area contributed by atoms with Crippen LogP contribution in [0.2, 0.25) is 0 Å². The van der Waals surface area contributed by atoms with Gasteiger partial charge in [0.05, 0.1) is 11.9 Å². The third-order valence-corrected chi connectivity index (χ3v) is 2.08.